The zero-order chi connectivity index (χ0) is 35.8. The highest BCUT2D eigenvalue weighted by molar-refractivity contribution is 5.83. The molecule has 5 rings (SSSR count). The van der Waals surface area contributed by atoms with Gasteiger partial charge in [0.2, 0.25) is 0 Å². The molecule has 0 bridgehead atoms. The predicted molar refractivity (Wildman–Crippen MR) is 169 cm³/mol. The van der Waals surface area contributed by atoms with Crippen molar-refractivity contribution in [3.63, 3.8) is 0 Å². The van der Waals surface area contributed by atoms with Gasteiger partial charge < -0.3 is 33.2 Å². The molecule has 1 saturated heterocycles. The number of rotatable bonds is 9. The fraction of sp³-hybridized carbons (Fsp3) is 0.833. The first-order valence-electron chi connectivity index (χ1n) is 17.7. The number of hydrogen-bond donors (Lipinski definition) is 0. The van der Waals surface area contributed by atoms with Gasteiger partial charge in [-0.15, -0.1) is 0 Å². The zero-order valence-electron chi connectivity index (χ0n) is 29.7. The summed E-state index contributed by atoms with van der Waals surface area (Å²) in [6.45, 7) is 9.12. The van der Waals surface area contributed by atoms with Gasteiger partial charge in [-0.25, -0.2) is 4.79 Å². The van der Waals surface area contributed by atoms with E-state index in [2.05, 4.69) is 13.8 Å². The minimum absolute atomic E-state index is 0.00259. The van der Waals surface area contributed by atoms with Crippen molar-refractivity contribution in [2.75, 3.05) is 13.7 Å². The molecule has 5 aliphatic rings. The molecule has 274 valence electrons. The third kappa shape index (κ3) is 7.38. The van der Waals surface area contributed by atoms with Crippen molar-refractivity contribution in [3.05, 3.63) is 0 Å². The molecule has 0 aromatic rings. The van der Waals surface area contributed by atoms with E-state index in [9.17, 15) is 28.8 Å². The summed E-state index contributed by atoms with van der Waals surface area (Å²) in [6, 6.07) is 0. The second kappa shape index (κ2) is 14.7. The number of ether oxygens (including phenoxy) is 7. The molecule has 0 radical (unpaired) electrons. The maximum atomic E-state index is 14.0. The Balaban J connectivity index is 1.30. The molecule has 0 aromatic heterocycles. The number of methoxy groups -OCH3 is 1. The summed E-state index contributed by atoms with van der Waals surface area (Å²) in [4.78, 5) is 74.7. The minimum atomic E-state index is -1.59. The second-order valence-corrected chi connectivity index (χ2v) is 15.3. The van der Waals surface area contributed by atoms with Crippen molar-refractivity contribution in [1.82, 2.24) is 0 Å². The summed E-state index contributed by atoms with van der Waals surface area (Å²) in [5, 5.41) is 0. The summed E-state index contributed by atoms with van der Waals surface area (Å²) >= 11 is 0. The van der Waals surface area contributed by atoms with Gasteiger partial charge in [0.25, 0.3) is 0 Å². The van der Waals surface area contributed by atoms with Gasteiger partial charge in [-0.3, -0.25) is 24.0 Å². The first-order valence-corrected chi connectivity index (χ1v) is 17.7. The lowest BCUT2D eigenvalue weighted by Crippen LogP contribution is -2.64. The van der Waals surface area contributed by atoms with Crippen LogP contribution in [0.1, 0.15) is 99.3 Å². The molecule has 4 aliphatic carbocycles. The first kappa shape index (κ1) is 37.2. The van der Waals surface area contributed by atoms with Gasteiger partial charge in [0.05, 0.1) is 7.11 Å². The Morgan fingerprint density at radius 2 is 1.27 bits per heavy atom. The highest BCUT2D eigenvalue weighted by atomic mass is 16.7. The van der Waals surface area contributed by atoms with E-state index in [4.69, 9.17) is 33.2 Å². The Morgan fingerprint density at radius 3 is 1.90 bits per heavy atom. The van der Waals surface area contributed by atoms with Crippen molar-refractivity contribution < 1.29 is 61.9 Å². The molecule has 0 amide bonds. The van der Waals surface area contributed by atoms with Crippen LogP contribution >= 0.6 is 0 Å². The van der Waals surface area contributed by atoms with Crippen LogP contribution in [-0.4, -0.2) is 86.2 Å². The SMILES string of the molecule is COC(=O)[C@@H]1O[C@H](OCC(=O)[C@@H]2CC[C@@H]3[C@@H]4CC[C@@H]5C[C@H](OC(C)=O)CC[C@]5(C)[C@H]4CC[C@@]32C)[C@@H](OC(C)=O)[C@H](OC(C)=O)[C@H]1OC(C)=O. The quantitative estimate of drug-likeness (QED) is 0.253. The van der Waals surface area contributed by atoms with Crippen LogP contribution in [0.2, 0.25) is 0 Å². The Morgan fingerprint density at radius 1 is 0.673 bits per heavy atom. The molecule has 0 unspecified atom stereocenters. The van der Waals surface area contributed by atoms with Crippen LogP contribution in [0.25, 0.3) is 0 Å². The van der Waals surface area contributed by atoms with Gasteiger partial charge in [-0.2, -0.15) is 0 Å². The lowest BCUT2D eigenvalue weighted by atomic mass is 9.44. The van der Waals surface area contributed by atoms with E-state index in [0.29, 0.717) is 23.7 Å². The van der Waals surface area contributed by atoms with E-state index in [1.165, 1.54) is 6.92 Å². The standard InChI is InChI=1S/C36H52O13/c1-18(37)45-23-12-14-35(5)22(16-23)8-9-24-25-10-11-27(36(25,6)15-13-26(24)35)28(41)17-44-34-32(48-21(4)40)30(47-20(3)39)29(46-19(2)38)31(49-34)33(42)43-7/h22-27,29-32,34H,8-17H2,1-7H3/t22-,23-,24+,25-,26+,27+,29-,30-,31-,32+,34+,35+,36+/m1/s1. The molecule has 5 fully saturated rings. The number of carbonyl (C=O) groups excluding carboxylic acids is 6. The maximum absolute atomic E-state index is 14.0. The van der Waals surface area contributed by atoms with E-state index in [1.54, 1.807) is 0 Å². The van der Waals surface area contributed by atoms with Crippen molar-refractivity contribution >= 4 is 35.6 Å². The van der Waals surface area contributed by atoms with Crippen LogP contribution in [0.15, 0.2) is 0 Å². The molecule has 4 saturated carbocycles. The Hall–Kier alpha value is -3.06. The smallest absolute Gasteiger partial charge is 0.339 e. The van der Waals surface area contributed by atoms with Crippen molar-refractivity contribution in [2.45, 2.75) is 136 Å². The van der Waals surface area contributed by atoms with E-state index >= 15 is 0 Å². The topological polar surface area (TPSA) is 167 Å². The molecule has 13 nitrogen and oxygen atoms in total. The normalized spacial score (nSPS) is 41.2. The number of hydrogen-bond acceptors (Lipinski definition) is 13. The molecule has 1 heterocycles. The maximum Gasteiger partial charge on any atom is 0.339 e. The summed E-state index contributed by atoms with van der Waals surface area (Å²) < 4.78 is 38.5. The van der Waals surface area contributed by atoms with Crippen LogP contribution in [0.4, 0.5) is 0 Å². The fourth-order valence-electron chi connectivity index (χ4n) is 10.6. The molecule has 0 spiro atoms. The summed E-state index contributed by atoms with van der Waals surface area (Å²) in [6.07, 6.45) is 1.17. The third-order valence-electron chi connectivity index (χ3n) is 12.6. The largest absolute Gasteiger partial charge is 0.467 e. The van der Waals surface area contributed by atoms with E-state index < -0.39 is 54.6 Å². The first-order chi connectivity index (χ1) is 23.1. The average Bonchev–Trinajstić information content (AvgIpc) is 3.38. The van der Waals surface area contributed by atoms with Crippen molar-refractivity contribution in [3.8, 4) is 0 Å². The fourth-order valence-corrected chi connectivity index (χ4v) is 10.6. The lowest BCUT2D eigenvalue weighted by molar-refractivity contribution is -0.300. The third-order valence-corrected chi connectivity index (χ3v) is 12.6. The molecule has 13 heteroatoms. The summed E-state index contributed by atoms with van der Waals surface area (Å²) in [5.74, 6) is -1.88. The Bertz CT molecular complexity index is 1310. The monoisotopic (exact) mass is 692 g/mol. The summed E-state index contributed by atoms with van der Waals surface area (Å²) in [7, 11) is 1.11. The van der Waals surface area contributed by atoms with Crippen LogP contribution in [0, 0.1) is 40.4 Å². The average molecular weight is 693 g/mol. The van der Waals surface area contributed by atoms with E-state index in [-0.39, 0.29) is 41.2 Å². The molecular weight excluding hydrogens is 640 g/mol. The van der Waals surface area contributed by atoms with Crippen LogP contribution in [-0.2, 0) is 61.9 Å². The van der Waals surface area contributed by atoms with Gasteiger partial charge in [-0.1, -0.05) is 13.8 Å². The number of esters is 5. The number of ketones is 1. The van der Waals surface area contributed by atoms with Gasteiger partial charge in [0, 0.05) is 33.6 Å². The van der Waals surface area contributed by atoms with Crippen molar-refractivity contribution in [1.29, 1.82) is 0 Å². The highest BCUT2D eigenvalue weighted by Gasteiger charge is 2.62. The minimum Gasteiger partial charge on any atom is -0.467 e. The molecule has 49 heavy (non-hydrogen) atoms. The van der Waals surface area contributed by atoms with Crippen LogP contribution < -0.4 is 0 Å². The zero-order valence-corrected chi connectivity index (χ0v) is 29.7. The van der Waals surface area contributed by atoms with Crippen LogP contribution in [0.3, 0.4) is 0 Å². The number of fused-ring (bicyclic) bond motifs is 5. The lowest BCUT2D eigenvalue weighted by Gasteiger charge is -2.61. The van der Waals surface area contributed by atoms with Crippen molar-refractivity contribution in [2.24, 2.45) is 40.4 Å². The number of Topliss-reactive ketones (excluding diaryl/α,β-unsaturated/α-hetero) is 1. The van der Waals surface area contributed by atoms with E-state index in [0.717, 1.165) is 85.7 Å². The molecule has 0 N–H and O–H groups in total. The van der Waals surface area contributed by atoms with Gasteiger partial charge in [0.15, 0.2) is 36.5 Å². The summed E-state index contributed by atoms with van der Waals surface area (Å²) in [5.41, 5.74) is -0.0213. The second-order valence-electron chi connectivity index (χ2n) is 15.3. The molecule has 0 aromatic carbocycles. The van der Waals surface area contributed by atoms with Gasteiger partial charge in [0.1, 0.15) is 12.7 Å². The van der Waals surface area contributed by atoms with Gasteiger partial charge in [-0.05, 0) is 92.3 Å². The van der Waals surface area contributed by atoms with Crippen LogP contribution in [0.5, 0.6) is 0 Å². The number of carbonyl (C=O) groups is 6. The Labute approximate surface area is 287 Å². The predicted octanol–water partition coefficient (Wildman–Crippen LogP) is 3.86. The highest BCUT2D eigenvalue weighted by Crippen LogP contribution is 2.67. The van der Waals surface area contributed by atoms with E-state index in [1.807, 2.05) is 0 Å². The molecule has 1 aliphatic heterocycles. The molecule has 13 atom stereocenters. The van der Waals surface area contributed by atoms with Gasteiger partial charge >= 0.3 is 29.8 Å². The molecular formula is C36H52O13. The Kier molecular flexibility index (Phi) is 11.1.